The third-order valence-corrected chi connectivity index (χ3v) is 2.91. The van der Waals surface area contributed by atoms with Gasteiger partial charge in [-0.15, -0.1) is 5.10 Å². The summed E-state index contributed by atoms with van der Waals surface area (Å²) >= 11 is 0. The molecule has 2 heterocycles. The highest BCUT2D eigenvalue weighted by molar-refractivity contribution is 5.77. The van der Waals surface area contributed by atoms with E-state index in [1.807, 2.05) is 0 Å². The molecule has 2 amide bonds. The molecule has 1 aromatic rings. The SMILES string of the molecule is O=C(O)C1CCN(C(=O)NCCn2ccnn2)C1. The molecule has 1 unspecified atom stereocenters. The molecule has 1 saturated heterocycles. The molecule has 2 N–H and O–H groups in total. The second-order valence-electron chi connectivity index (χ2n) is 4.17. The summed E-state index contributed by atoms with van der Waals surface area (Å²) in [5, 5.41) is 19.0. The molecule has 0 aromatic carbocycles. The molecule has 18 heavy (non-hydrogen) atoms. The predicted molar refractivity (Wildman–Crippen MR) is 60.7 cm³/mol. The molecular formula is C10H15N5O3. The van der Waals surface area contributed by atoms with E-state index in [9.17, 15) is 9.59 Å². The van der Waals surface area contributed by atoms with Gasteiger partial charge in [0.05, 0.1) is 18.7 Å². The lowest BCUT2D eigenvalue weighted by atomic mass is 10.1. The molecule has 1 aliphatic heterocycles. The number of aliphatic carboxylic acids is 1. The Hall–Kier alpha value is -2.12. The fourth-order valence-corrected chi connectivity index (χ4v) is 1.89. The Balaban J connectivity index is 1.71. The topological polar surface area (TPSA) is 100 Å². The van der Waals surface area contributed by atoms with Gasteiger partial charge in [0.2, 0.25) is 0 Å². The first kappa shape index (κ1) is 12.3. The third-order valence-electron chi connectivity index (χ3n) is 2.91. The van der Waals surface area contributed by atoms with Gasteiger partial charge < -0.3 is 15.3 Å². The highest BCUT2D eigenvalue weighted by Crippen LogP contribution is 2.15. The average Bonchev–Trinajstić information content (AvgIpc) is 2.99. The number of carbonyl (C=O) groups is 2. The summed E-state index contributed by atoms with van der Waals surface area (Å²) in [6.07, 6.45) is 3.80. The van der Waals surface area contributed by atoms with E-state index in [2.05, 4.69) is 15.6 Å². The van der Waals surface area contributed by atoms with Gasteiger partial charge in [-0.3, -0.25) is 9.48 Å². The van der Waals surface area contributed by atoms with Gasteiger partial charge in [0, 0.05) is 25.8 Å². The average molecular weight is 253 g/mol. The summed E-state index contributed by atoms with van der Waals surface area (Å²) in [6, 6.07) is -0.223. The molecule has 1 fully saturated rings. The molecule has 2 rings (SSSR count). The molecule has 0 aliphatic carbocycles. The van der Waals surface area contributed by atoms with Crippen LogP contribution in [0.1, 0.15) is 6.42 Å². The van der Waals surface area contributed by atoms with Crippen LogP contribution < -0.4 is 5.32 Å². The molecule has 0 spiro atoms. The second-order valence-corrected chi connectivity index (χ2v) is 4.17. The number of carboxylic acid groups (broad SMARTS) is 1. The van der Waals surface area contributed by atoms with Crippen molar-refractivity contribution in [2.24, 2.45) is 5.92 Å². The first-order valence-electron chi connectivity index (χ1n) is 5.76. The van der Waals surface area contributed by atoms with Crippen LogP contribution in [0.15, 0.2) is 12.4 Å². The van der Waals surface area contributed by atoms with Crippen LogP contribution in [0.5, 0.6) is 0 Å². The van der Waals surface area contributed by atoms with Crippen LogP contribution in [0.2, 0.25) is 0 Å². The van der Waals surface area contributed by atoms with E-state index in [4.69, 9.17) is 5.11 Å². The number of likely N-dealkylation sites (tertiary alicyclic amines) is 1. The minimum atomic E-state index is -0.840. The second kappa shape index (κ2) is 5.48. The number of hydrogen-bond donors (Lipinski definition) is 2. The molecule has 1 aliphatic rings. The van der Waals surface area contributed by atoms with Crippen LogP contribution in [0.4, 0.5) is 4.79 Å². The molecule has 0 saturated carbocycles. The Labute approximate surface area is 104 Å². The largest absolute Gasteiger partial charge is 0.481 e. The molecule has 0 radical (unpaired) electrons. The molecule has 98 valence electrons. The van der Waals surface area contributed by atoms with Gasteiger partial charge in [0.1, 0.15) is 0 Å². The van der Waals surface area contributed by atoms with Gasteiger partial charge in [-0.1, -0.05) is 5.21 Å². The molecular weight excluding hydrogens is 238 g/mol. The van der Waals surface area contributed by atoms with Crippen molar-refractivity contribution in [3.63, 3.8) is 0 Å². The first-order valence-corrected chi connectivity index (χ1v) is 5.76. The van der Waals surface area contributed by atoms with Crippen LogP contribution in [0.3, 0.4) is 0 Å². The maximum absolute atomic E-state index is 11.7. The quantitative estimate of drug-likeness (QED) is 0.745. The van der Waals surface area contributed by atoms with Crippen molar-refractivity contribution < 1.29 is 14.7 Å². The molecule has 8 nitrogen and oxygen atoms in total. The number of aromatic nitrogens is 3. The van der Waals surface area contributed by atoms with Crippen molar-refractivity contribution in [3.8, 4) is 0 Å². The van der Waals surface area contributed by atoms with E-state index in [1.165, 1.54) is 4.90 Å². The summed E-state index contributed by atoms with van der Waals surface area (Å²) in [7, 11) is 0. The highest BCUT2D eigenvalue weighted by atomic mass is 16.4. The fraction of sp³-hybridized carbons (Fsp3) is 0.600. The zero-order valence-electron chi connectivity index (χ0n) is 9.82. The number of carbonyl (C=O) groups excluding carboxylic acids is 1. The summed E-state index contributed by atoms with van der Waals surface area (Å²) in [6.45, 7) is 1.76. The lowest BCUT2D eigenvalue weighted by Crippen LogP contribution is -2.40. The summed E-state index contributed by atoms with van der Waals surface area (Å²) in [4.78, 5) is 24.0. The van der Waals surface area contributed by atoms with Gasteiger partial charge >= 0.3 is 12.0 Å². The first-order chi connectivity index (χ1) is 8.66. The molecule has 8 heteroatoms. The van der Waals surface area contributed by atoms with Crippen LogP contribution in [-0.2, 0) is 11.3 Å². The zero-order valence-corrected chi connectivity index (χ0v) is 9.82. The normalized spacial score (nSPS) is 18.9. The van der Waals surface area contributed by atoms with Gasteiger partial charge in [-0.25, -0.2) is 4.79 Å². The maximum Gasteiger partial charge on any atom is 0.317 e. The van der Waals surface area contributed by atoms with Crippen molar-refractivity contribution in [3.05, 3.63) is 12.4 Å². The number of hydrogen-bond acceptors (Lipinski definition) is 4. The number of urea groups is 1. The van der Waals surface area contributed by atoms with E-state index in [0.717, 1.165) is 0 Å². The Kier molecular flexibility index (Phi) is 3.75. The number of nitrogens with zero attached hydrogens (tertiary/aromatic N) is 4. The fourth-order valence-electron chi connectivity index (χ4n) is 1.89. The van der Waals surface area contributed by atoms with Crippen molar-refractivity contribution in [1.29, 1.82) is 0 Å². The monoisotopic (exact) mass is 253 g/mol. The van der Waals surface area contributed by atoms with Gasteiger partial charge in [-0.05, 0) is 6.42 Å². The number of nitrogens with one attached hydrogen (secondary N) is 1. The Bertz CT molecular complexity index is 419. The van der Waals surface area contributed by atoms with E-state index < -0.39 is 11.9 Å². The minimum Gasteiger partial charge on any atom is -0.481 e. The third kappa shape index (κ3) is 2.96. The van der Waals surface area contributed by atoms with Gasteiger partial charge in [0.15, 0.2) is 0 Å². The molecule has 0 bridgehead atoms. The van der Waals surface area contributed by atoms with E-state index in [-0.39, 0.29) is 12.6 Å². The predicted octanol–water partition coefficient (Wildman–Crippen LogP) is -0.606. The minimum absolute atomic E-state index is 0.223. The highest BCUT2D eigenvalue weighted by Gasteiger charge is 2.30. The van der Waals surface area contributed by atoms with Crippen molar-refractivity contribution >= 4 is 12.0 Å². The van der Waals surface area contributed by atoms with Crippen LogP contribution in [-0.4, -0.2) is 56.6 Å². The number of rotatable bonds is 4. The summed E-state index contributed by atoms with van der Waals surface area (Å²) < 4.78 is 1.62. The van der Waals surface area contributed by atoms with Crippen LogP contribution in [0, 0.1) is 5.92 Å². The molecule has 1 aromatic heterocycles. The number of amides is 2. The summed E-state index contributed by atoms with van der Waals surface area (Å²) in [5.41, 5.74) is 0. The van der Waals surface area contributed by atoms with Crippen LogP contribution >= 0.6 is 0 Å². The molecule has 1 atom stereocenters. The zero-order chi connectivity index (χ0) is 13.0. The van der Waals surface area contributed by atoms with Gasteiger partial charge in [-0.2, -0.15) is 0 Å². The van der Waals surface area contributed by atoms with Crippen molar-refractivity contribution in [2.45, 2.75) is 13.0 Å². The van der Waals surface area contributed by atoms with Gasteiger partial charge in [0.25, 0.3) is 0 Å². The van der Waals surface area contributed by atoms with Crippen molar-refractivity contribution in [2.75, 3.05) is 19.6 Å². The maximum atomic E-state index is 11.7. The lowest BCUT2D eigenvalue weighted by molar-refractivity contribution is -0.141. The number of carboxylic acids is 1. The lowest BCUT2D eigenvalue weighted by Gasteiger charge is -2.16. The smallest absolute Gasteiger partial charge is 0.317 e. The summed E-state index contributed by atoms with van der Waals surface area (Å²) in [5.74, 6) is -1.28. The Morgan fingerprint density at radius 3 is 2.94 bits per heavy atom. The van der Waals surface area contributed by atoms with Crippen molar-refractivity contribution in [1.82, 2.24) is 25.2 Å². The Morgan fingerprint density at radius 2 is 2.33 bits per heavy atom. The standard InChI is InChI=1S/C10H15N5O3/c16-9(17)8-1-4-14(7-8)10(18)11-2-5-15-6-3-12-13-15/h3,6,8H,1-2,4-5,7H2,(H,11,18)(H,16,17). The van der Waals surface area contributed by atoms with E-state index in [0.29, 0.717) is 26.1 Å². The van der Waals surface area contributed by atoms with Crippen LogP contribution in [0.25, 0.3) is 0 Å². The van der Waals surface area contributed by atoms with E-state index in [1.54, 1.807) is 17.1 Å². The van der Waals surface area contributed by atoms with E-state index >= 15 is 0 Å². The Morgan fingerprint density at radius 1 is 1.50 bits per heavy atom.